The minimum absolute atomic E-state index is 0.0882. The Kier molecular flexibility index (Phi) is 7.19. The number of rotatable bonds is 8. The van der Waals surface area contributed by atoms with Crippen LogP contribution in [0.3, 0.4) is 0 Å². The predicted octanol–water partition coefficient (Wildman–Crippen LogP) is 3.70. The summed E-state index contributed by atoms with van der Waals surface area (Å²) in [5.74, 6) is -0.282. The standard InChI is InChI=1S/C22H22FN5O2S/c1-4-13-28-20(17-7-5-6-8-18(17)23)25-26-22(28)31-14-19(29)24-16-11-9-15(10-12-16)21(30)27(2)3/h4-12H,1,13-14H2,2-3H3,(H,24,29). The number of hydrogen-bond donors (Lipinski definition) is 1. The lowest BCUT2D eigenvalue weighted by Crippen LogP contribution is -2.21. The maximum Gasteiger partial charge on any atom is 0.253 e. The van der Waals surface area contributed by atoms with Crippen LogP contribution in [-0.4, -0.2) is 51.3 Å². The fourth-order valence-corrected chi connectivity index (χ4v) is 3.56. The Morgan fingerprint density at radius 2 is 1.87 bits per heavy atom. The summed E-state index contributed by atoms with van der Waals surface area (Å²) in [6, 6.07) is 13.0. The topological polar surface area (TPSA) is 80.1 Å². The van der Waals surface area contributed by atoms with E-state index in [0.717, 1.165) is 0 Å². The molecule has 0 radical (unpaired) electrons. The van der Waals surface area contributed by atoms with Gasteiger partial charge in [0.15, 0.2) is 11.0 Å². The van der Waals surface area contributed by atoms with Crippen molar-refractivity contribution in [2.75, 3.05) is 25.2 Å². The molecular formula is C22H22FN5O2S. The number of nitrogens with one attached hydrogen (secondary N) is 1. The number of halogens is 1. The lowest BCUT2D eigenvalue weighted by molar-refractivity contribution is -0.113. The van der Waals surface area contributed by atoms with E-state index in [1.165, 1.54) is 22.7 Å². The van der Waals surface area contributed by atoms with E-state index >= 15 is 0 Å². The zero-order valence-corrected chi connectivity index (χ0v) is 18.0. The van der Waals surface area contributed by atoms with Crippen LogP contribution in [0.25, 0.3) is 11.4 Å². The summed E-state index contributed by atoms with van der Waals surface area (Å²) in [5, 5.41) is 11.5. The van der Waals surface area contributed by atoms with Gasteiger partial charge in [0.25, 0.3) is 5.91 Å². The summed E-state index contributed by atoms with van der Waals surface area (Å²) in [7, 11) is 3.36. The number of carbonyl (C=O) groups is 2. The highest BCUT2D eigenvalue weighted by Crippen LogP contribution is 2.26. The minimum atomic E-state index is -0.397. The van der Waals surface area contributed by atoms with Gasteiger partial charge in [-0.3, -0.25) is 14.2 Å². The molecule has 0 saturated heterocycles. The van der Waals surface area contributed by atoms with Crippen LogP contribution < -0.4 is 5.32 Å². The molecule has 0 aliphatic heterocycles. The van der Waals surface area contributed by atoms with E-state index in [4.69, 9.17) is 0 Å². The van der Waals surface area contributed by atoms with Crippen LogP contribution in [0, 0.1) is 5.82 Å². The Morgan fingerprint density at radius 3 is 2.52 bits per heavy atom. The summed E-state index contributed by atoms with van der Waals surface area (Å²) >= 11 is 1.19. The van der Waals surface area contributed by atoms with E-state index in [0.29, 0.717) is 34.3 Å². The van der Waals surface area contributed by atoms with Crippen molar-refractivity contribution in [1.29, 1.82) is 0 Å². The number of carbonyl (C=O) groups excluding carboxylic acids is 2. The number of hydrogen-bond acceptors (Lipinski definition) is 5. The average molecular weight is 440 g/mol. The van der Waals surface area contributed by atoms with Crippen LogP contribution in [0.1, 0.15) is 10.4 Å². The Bertz CT molecular complexity index is 1100. The SMILES string of the molecule is C=CCn1c(SCC(=O)Nc2ccc(C(=O)N(C)C)cc2)nnc1-c1ccccc1F. The first-order valence-electron chi connectivity index (χ1n) is 9.44. The number of aromatic nitrogens is 3. The summed E-state index contributed by atoms with van der Waals surface area (Å²) < 4.78 is 15.9. The highest BCUT2D eigenvalue weighted by atomic mass is 32.2. The van der Waals surface area contributed by atoms with Gasteiger partial charge in [0, 0.05) is 31.9 Å². The maximum absolute atomic E-state index is 14.2. The fourth-order valence-electron chi connectivity index (χ4n) is 2.81. The third kappa shape index (κ3) is 5.37. The fraction of sp³-hybridized carbons (Fsp3) is 0.182. The number of thioether (sulfide) groups is 1. The predicted molar refractivity (Wildman–Crippen MR) is 119 cm³/mol. The summed E-state index contributed by atoms with van der Waals surface area (Å²) in [6.07, 6.45) is 1.66. The van der Waals surface area contributed by atoms with E-state index in [1.54, 1.807) is 67.2 Å². The molecule has 9 heteroatoms. The Morgan fingerprint density at radius 1 is 1.16 bits per heavy atom. The summed E-state index contributed by atoms with van der Waals surface area (Å²) in [4.78, 5) is 25.8. The number of anilines is 1. The second kappa shape index (κ2) is 10.0. The molecule has 7 nitrogen and oxygen atoms in total. The maximum atomic E-state index is 14.2. The van der Waals surface area contributed by atoms with Gasteiger partial charge in [0.05, 0.1) is 11.3 Å². The highest BCUT2D eigenvalue weighted by Gasteiger charge is 2.17. The molecule has 0 aliphatic rings. The van der Waals surface area contributed by atoms with Crippen molar-refractivity contribution in [2.24, 2.45) is 0 Å². The third-order valence-electron chi connectivity index (χ3n) is 4.30. The molecule has 0 atom stereocenters. The normalized spacial score (nSPS) is 10.5. The molecular weight excluding hydrogens is 417 g/mol. The van der Waals surface area contributed by atoms with Crippen molar-refractivity contribution in [1.82, 2.24) is 19.7 Å². The molecule has 3 rings (SSSR count). The largest absolute Gasteiger partial charge is 0.345 e. The molecule has 2 aromatic carbocycles. The number of allylic oxidation sites excluding steroid dienone is 1. The quantitative estimate of drug-likeness (QED) is 0.428. The van der Waals surface area contributed by atoms with E-state index in [2.05, 4.69) is 22.1 Å². The van der Waals surface area contributed by atoms with Crippen LogP contribution in [0.5, 0.6) is 0 Å². The molecule has 160 valence electrons. The number of nitrogens with zero attached hydrogens (tertiary/aromatic N) is 4. The van der Waals surface area contributed by atoms with Crippen LogP contribution in [0.2, 0.25) is 0 Å². The Hall–Kier alpha value is -3.46. The molecule has 1 aromatic heterocycles. The van der Waals surface area contributed by atoms with Gasteiger partial charge in [-0.1, -0.05) is 30.0 Å². The summed E-state index contributed by atoms with van der Waals surface area (Å²) in [6.45, 7) is 4.11. The van der Waals surface area contributed by atoms with Crippen LogP contribution in [0.15, 0.2) is 66.3 Å². The van der Waals surface area contributed by atoms with Gasteiger partial charge >= 0.3 is 0 Å². The first-order valence-corrected chi connectivity index (χ1v) is 10.4. The van der Waals surface area contributed by atoms with E-state index in [-0.39, 0.29) is 17.6 Å². The van der Waals surface area contributed by atoms with Crippen molar-refractivity contribution in [3.8, 4) is 11.4 Å². The monoisotopic (exact) mass is 439 g/mol. The Balaban J connectivity index is 1.67. The smallest absolute Gasteiger partial charge is 0.253 e. The molecule has 0 unspecified atom stereocenters. The molecule has 1 N–H and O–H groups in total. The van der Waals surface area contributed by atoms with Gasteiger partial charge in [0.1, 0.15) is 5.82 Å². The van der Waals surface area contributed by atoms with E-state index in [1.807, 2.05) is 0 Å². The van der Waals surface area contributed by atoms with E-state index < -0.39 is 5.82 Å². The van der Waals surface area contributed by atoms with Gasteiger partial charge in [-0.15, -0.1) is 16.8 Å². The minimum Gasteiger partial charge on any atom is -0.345 e. The van der Waals surface area contributed by atoms with Gasteiger partial charge in [-0.05, 0) is 36.4 Å². The molecule has 0 saturated carbocycles. The lowest BCUT2D eigenvalue weighted by atomic mass is 10.2. The van der Waals surface area contributed by atoms with Crippen molar-refractivity contribution >= 4 is 29.3 Å². The Labute approximate surface area is 184 Å². The first-order chi connectivity index (χ1) is 14.9. The zero-order chi connectivity index (χ0) is 22.4. The molecule has 31 heavy (non-hydrogen) atoms. The second-order valence-corrected chi connectivity index (χ2v) is 7.74. The van der Waals surface area contributed by atoms with Crippen LogP contribution in [0.4, 0.5) is 10.1 Å². The average Bonchev–Trinajstić information content (AvgIpc) is 3.15. The zero-order valence-electron chi connectivity index (χ0n) is 17.2. The van der Waals surface area contributed by atoms with Crippen molar-refractivity contribution < 1.29 is 14.0 Å². The molecule has 2 amide bonds. The lowest BCUT2D eigenvalue weighted by Gasteiger charge is -2.11. The molecule has 0 fully saturated rings. The van der Waals surface area contributed by atoms with Gasteiger partial charge in [-0.25, -0.2) is 4.39 Å². The van der Waals surface area contributed by atoms with Gasteiger partial charge in [-0.2, -0.15) is 0 Å². The second-order valence-electron chi connectivity index (χ2n) is 6.80. The van der Waals surface area contributed by atoms with E-state index in [9.17, 15) is 14.0 Å². The third-order valence-corrected chi connectivity index (χ3v) is 5.26. The molecule has 0 spiro atoms. The summed E-state index contributed by atoms with van der Waals surface area (Å²) in [5.41, 5.74) is 1.46. The number of benzene rings is 2. The van der Waals surface area contributed by atoms with Gasteiger partial charge < -0.3 is 10.2 Å². The number of amides is 2. The molecule has 0 aliphatic carbocycles. The van der Waals surface area contributed by atoms with Crippen molar-refractivity contribution in [3.05, 3.63) is 72.6 Å². The van der Waals surface area contributed by atoms with Crippen LogP contribution >= 0.6 is 11.8 Å². The molecule has 1 heterocycles. The molecule has 3 aromatic rings. The van der Waals surface area contributed by atoms with Crippen molar-refractivity contribution in [2.45, 2.75) is 11.7 Å². The molecule has 0 bridgehead atoms. The van der Waals surface area contributed by atoms with Crippen molar-refractivity contribution in [3.63, 3.8) is 0 Å². The first kappa shape index (κ1) is 22.2. The van der Waals surface area contributed by atoms with Crippen LogP contribution in [-0.2, 0) is 11.3 Å². The van der Waals surface area contributed by atoms with Gasteiger partial charge in [0.2, 0.25) is 5.91 Å². The highest BCUT2D eigenvalue weighted by molar-refractivity contribution is 7.99.